The topological polar surface area (TPSA) is 26.0 Å². The molecule has 0 aliphatic heterocycles. The highest BCUT2D eigenvalue weighted by Gasteiger charge is 2.16. The molecule has 0 radical (unpaired) electrons. The highest BCUT2D eigenvalue weighted by molar-refractivity contribution is 6.31. The van der Waals surface area contributed by atoms with Gasteiger partial charge in [-0.3, -0.25) is 0 Å². The van der Waals surface area contributed by atoms with Gasteiger partial charge in [-0.1, -0.05) is 29.8 Å². The molecule has 1 rings (SSSR count). The van der Waals surface area contributed by atoms with E-state index in [-0.39, 0.29) is 28.6 Å². The van der Waals surface area contributed by atoms with Gasteiger partial charge in [0.2, 0.25) is 0 Å². The molecule has 12 heavy (non-hydrogen) atoms. The van der Waals surface area contributed by atoms with Crippen LogP contribution >= 0.6 is 11.6 Å². The van der Waals surface area contributed by atoms with Crippen LogP contribution in [0.15, 0.2) is 24.3 Å². The molecular formula is C9H14ClMgN. The van der Waals surface area contributed by atoms with Crippen molar-refractivity contribution in [2.24, 2.45) is 5.73 Å². The Kier molecular flexibility index (Phi) is 4.55. The predicted molar refractivity (Wildman–Crippen MR) is 57.2 cm³/mol. The minimum atomic E-state index is -0.349. The van der Waals surface area contributed by atoms with E-state index in [4.69, 9.17) is 17.3 Å². The second kappa shape index (κ2) is 4.47. The standard InChI is InChI=1S/C9H12ClN.Mg.2H/c1-9(2,11)7-5-3-4-6-8(7)10;;;/h3-6H,11H2,1-2H3;;;. The van der Waals surface area contributed by atoms with Crippen LogP contribution in [-0.2, 0) is 5.54 Å². The Labute approximate surface area is 94.4 Å². The minimum absolute atomic E-state index is 0. The first-order chi connectivity index (χ1) is 5.02. The van der Waals surface area contributed by atoms with E-state index in [1.807, 2.05) is 38.1 Å². The highest BCUT2D eigenvalue weighted by Crippen LogP contribution is 2.24. The van der Waals surface area contributed by atoms with Gasteiger partial charge in [0.15, 0.2) is 0 Å². The number of nitrogens with two attached hydrogens (primary N) is 1. The molecule has 0 saturated carbocycles. The zero-order valence-corrected chi connectivity index (χ0v) is 7.52. The second-order valence-electron chi connectivity index (χ2n) is 3.20. The Morgan fingerprint density at radius 2 is 1.75 bits per heavy atom. The van der Waals surface area contributed by atoms with E-state index in [1.54, 1.807) is 0 Å². The van der Waals surface area contributed by atoms with Crippen LogP contribution in [0.2, 0.25) is 5.02 Å². The van der Waals surface area contributed by atoms with E-state index in [1.165, 1.54) is 0 Å². The second-order valence-corrected chi connectivity index (χ2v) is 3.61. The smallest absolute Gasteiger partial charge is 0.316 e. The quantitative estimate of drug-likeness (QED) is 0.678. The van der Waals surface area contributed by atoms with Gasteiger partial charge in [0.25, 0.3) is 0 Å². The molecule has 3 heteroatoms. The van der Waals surface area contributed by atoms with Crippen molar-refractivity contribution in [2.45, 2.75) is 19.4 Å². The lowest BCUT2D eigenvalue weighted by Gasteiger charge is -2.20. The lowest BCUT2D eigenvalue weighted by atomic mass is 9.96. The van der Waals surface area contributed by atoms with Crippen molar-refractivity contribution in [1.82, 2.24) is 0 Å². The van der Waals surface area contributed by atoms with Crippen molar-refractivity contribution < 1.29 is 0 Å². The van der Waals surface area contributed by atoms with Crippen LogP contribution in [0.25, 0.3) is 0 Å². The van der Waals surface area contributed by atoms with E-state index in [9.17, 15) is 0 Å². The maximum absolute atomic E-state index is 5.93. The zero-order chi connectivity index (χ0) is 8.48. The Morgan fingerprint density at radius 1 is 1.25 bits per heavy atom. The molecule has 0 atom stereocenters. The Morgan fingerprint density at radius 3 is 2.08 bits per heavy atom. The van der Waals surface area contributed by atoms with Crippen molar-refractivity contribution in [2.75, 3.05) is 0 Å². The summed E-state index contributed by atoms with van der Waals surface area (Å²) in [4.78, 5) is 0. The van der Waals surface area contributed by atoms with Gasteiger partial charge in [-0.2, -0.15) is 0 Å². The molecule has 0 spiro atoms. The molecule has 0 aliphatic carbocycles. The van der Waals surface area contributed by atoms with Crippen molar-refractivity contribution in [3.63, 3.8) is 0 Å². The van der Waals surface area contributed by atoms with Crippen LogP contribution in [0.5, 0.6) is 0 Å². The van der Waals surface area contributed by atoms with E-state index < -0.39 is 0 Å². The minimum Gasteiger partial charge on any atom is -0.322 e. The lowest BCUT2D eigenvalue weighted by molar-refractivity contribution is 0.555. The molecule has 1 nitrogen and oxygen atoms in total. The van der Waals surface area contributed by atoms with Gasteiger partial charge in [-0.15, -0.1) is 0 Å². The average molecular weight is 196 g/mol. The summed E-state index contributed by atoms with van der Waals surface area (Å²) in [6.45, 7) is 3.88. The van der Waals surface area contributed by atoms with Gasteiger partial charge >= 0.3 is 23.1 Å². The van der Waals surface area contributed by atoms with Crippen molar-refractivity contribution >= 4 is 34.7 Å². The summed E-state index contributed by atoms with van der Waals surface area (Å²) in [6.07, 6.45) is 0. The first kappa shape index (κ1) is 12.2. The summed E-state index contributed by atoms with van der Waals surface area (Å²) in [5, 5.41) is 0.736. The average Bonchev–Trinajstić information content (AvgIpc) is 1.86. The fraction of sp³-hybridized carbons (Fsp3) is 0.333. The summed E-state index contributed by atoms with van der Waals surface area (Å²) < 4.78 is 0. The largest absolute Gasteiger partial charge is 0.322 e. The molecule has 0 aliphatic rings. The van der Waals surface area contributed by atoms with E-state index in [0.717, 1.165) is 10.6 Å². The van der Waals surface area contributed by atoms with Gasteiger partial charge in [0.1, 0.15) is 0 Å². The number of hydrogen-bond acceptors (Lipinski definition) is 1. The molecule has 1 aromatic rings. The first-order valence-corrected chi connectivity index (χ1v) is 3.93. The van der Waals surface area contributed by atoms with Crippen LogP contribution in [0.4, 0.5) is 0 Å². The lowest BCUT2D eigenvalue weighted by Crippen LogP contribution is -2.28. The SMILES string of the molecule is CC(C)(N)c1ccccc1Cl.[MgH2]. The zero-order valence-electron chi connectivity index (χ0n) is 6.76. The van der Waals surface area contributed by atoms with Crippen molar-refractivity contribution in [3.05, 3.63) is 34.9 Å². The van der Waals surface area contributed by atoms with Gasteiger partial charge in [-0.05, 0) is 25.5 Å². The van der Waals surface area contributed by atoms with Crippen molar-refractivity contribution in [3.8, 4) is 0 Å². The van der Waals surface area contributed by atoms with E-state index in [2.05, 4.69) is 0 Å². The normalized spacial score (nSPS) is 10.7. The summed E-state index contributed by atoms with van der Waals surface area (Å²) in [5.74, 6) is 0. The maximum atomic E-state index is 5.93. The van der Waals surface area contributed by atoms with Crippen LogP contribution in [0.1, 0.15) is 19.4 Å². The van der Waals surface area contributed by atoms with Crippen LogP contribution in [0.3, 0.4) is 0 Å². The third-order valence-electron chi connectivity index (χ3n) is 1.57. The fourth-order valence-electron chi connectivity index (χ4n) is 0.984. The number of benzene rings is 1. The number of halogens is 1. The molecule has 0 amide bonds. The molecule has 2 N–H and O–H groups in total. The summed E-state index contributed by atoms with van der Waals surface area (Å²) in [6, 6.07) is 7.64. The molecule has 0 unspecified atom stereocenters. The number of hydrogen-bond donors (Lipinski definition) is 1. The van der Waals surface area contributed by atoms with Crippen LogP contribution in [-0.4, -0.2) is 23.1 Å². The van der Waals surface area contributed by atoms with E-state index >= 15 is 0 Å². The van der Waals surface area contributed by atoms with Gasteiger partial charge in [0.05, 0.1) is 0 Å². The molecular weight excluding hydrogens is 182 g/mol. The molecule has 0 saturated heterocycles. The molecule has 0 fully saturated rings. The summed E-state index contributed by atoms with van der Waals surface area (Å²) in [7, 11) is 0. The fourth-order valence-corrected chi connectivity index (χ4v) is 1.36. The molecule has 64 valence electrons. The first-order valence-electron chi connectivity index (χ1n) is 3.56. The third-order valence-corrected chi connectivity index (χ3v) is 1.90. The molecule has 1 aromatic carbocycles. The number of rotatable bonds is 1. The third kappa shape index (κ3) is 2.94. The van der Waals surface area contributed by atoms with E-state index in [0.29, 0.717) is 0 Å². The summed E-state index contributed by atoms with van der Waals surface area (Å²) >= 11 is 5.93. The van der Waals surface area contributed by atoms with Gasteiger partial charge in [0, 0.05) is 10.6 Å². The van der Waals surface area contributed by atoms with Crippen LogP contribution in [0, 0.1) is 0 Å². The summed E-state index contributed by atoms with van der Waals surface area (Å²) in [5.41, 5.74) is 6.51. The highest BCUT2D eigenvalue weighted by atomic mass is 35.5. The Balaban J connectivity index is 0.00000121. The Bertz CT molecular complexity index is 255. The molecule has 0 heterocycles. The van der Waals surface area contributed by atoms with Crippen LogP contribution < -0.4 is 5.73 Å². The monoisotopic (exact) mass is 195 g/mol. The maximum Gasteiger partial charge on any atom is 0.316 e. The Hall–Kier alpha value is 0.236. The predicted octanol–water partition coefficient (Wildman–Crippen LogP) is 1.62. The molecule has 0 aromatic heterocycles. The van der Waals surface area contributed by atoms with Gasteiger partial charge in [-0.25, -0.2) is 0 Å². The molecule has 0 bridgehead atoms. The van der Waals surface area contributed by atoms with Gasteiger partial charge < -0.3 is 5.73 Å². The van der Waals surface area contributed by atoms with Crippen molar-refractivity contribution in [1.29, 1.82) is 0 Å².